The molecule has 0 saturated carbocycles. The molecule has 0 radical (unpaired) electrons. The molecule has 0 atom stereocenters. The first-order valence-corrected chi connectivity index (χ1v) is 9.16. The molecule has 4 heterocycles. The zero-order valence-corrected chi connectivity index (χ0v) is 14.2. The summed E-state index contributed by atoms with van der Waals surface area (Å²) in [6.45, 7) is 1.67. The summed E-state index contributed by atoms with van der Waals surface area (Å²) in [5.74, 6) is 0. The van der Waals surface area contributed by atoms with Gasteiger partial charge in [0.2, 0.25) is 0 Å². The van der Waals surface area contributed by atoms with Gasteiger partial charge in [-0.15, -0.1) is 11.3 Å². The van der Waals surface area contributed by atoms with Crippen molar-refractivity contribution in [3.8, 4) is 10.4 Å². The second-order valence-corrected chi connectivity index (χ2v) is 7.62. The number of carbonyl (C=O) groups is 1. The molecule has 3 aliphatic rings. The number of amides is 1. The Bertz CT molecular complexity index is 719. The van der Waals surface area contributed by atoms with Crippen LogP contribution in [0, 0.1) is 5.21 Å². The molecule has 1 aromatic carbocycles. The van der Waals surface area contributed by atoms with Crippen molar-refractivity contribution >= 4 is 23.1 Å². The van der Waals surface area contributed by atoms with Crippen molar-refractivity contribution in [3.63, 3.8) is 0 Å². The number of ether oxygens (including phenoxy) is 1. The van der Waals surface area contributed by atoms with Crippen LogP contribution in [0.1, 0.15) is 19.3 Å². The number of nitrogens with one attached hydrogen (secondary N) is 1. The van der Waals surface area contributed by atoms with E-state index in [0.717, 1.165) is 16.1 Å². The Morgan fingerprint density at radius 3 is 2.46 bits per heavy atom. The van der Waals surface area contributed by atoms with Gasteiger partial charge in [-0.2, -0.15) is 0 Å². The van der Waals surface area contributed by atoms with Crippen LogP contribution in [0.25, 0.3) is 10.4 Å². The molecular weight excluding hydrogens is 324 g/mol. The van der Waals surface area contributed by atoms with E-state index >= 15 is 0 Å². The first-order valence-electron chi connectivity index (χ1n) is 8.28. The van der Waals surface area contributed by atoms with Gasteiger partial charge in [0, 0.05) is 19.3 Å². The van der Waals surface area contributed by atoms with Crippen LogP contribution in [0.15, 0.2) is 41.8 Å². The maximum Gasteiger partial charge on any atom is 0.412 e. The number of nitrogens with zero attached hydrogens (tertiary/aromatic N) is 1. The minimum Gasteiger partial charge on any atom is -0.633 e. The second-order valence-electron chi connectivity index (χ2n) is 6.71. The van der Waals surface area contributed by atoms with Crippen LogP contribution >= 0.6 is 11.3 Å². The summed E-state index contributed by atoms with van der Waals surface area (Å²) in [5, 5.41) is 17.0. The molecular formula is C18H20N2O3S. The standard InChI is InChI=1S/C18H20N2O3S/c21-17(23-18-7-10-20(22,11-8-18)12-9-18)19-15-6-13-24-16(15)14-4-2-1-3-5-14/h1-6,13H,7-12H2,(H,19,21). The number of hydrogen-bond donors (Lipinski definition) is 1. The second kappa shape index (κ2) is 5.88. The van der Waals surface area contributed by atoms with E-state index in [2.05, 4.69) is 5.32 Å². The number of quaternary nitrogens is 1. The van der Waals surface area contributed by atoms with Crippen molar-refractivity contribution < 1.29 is 14.2 Å². The van der Waals surface area contributed by atoms with E-state index in [-0.39, 0.29) is 4.65 Å². The number of piperidine rings is 3. The fourth-order valence-corrected chi connectivity index (χ4v) is 4.50. The van der Waals surface area contributed by atoms with E-state index in [1.807, 2.05) is 41.8 Å². The molecule has 1 aromatic heterocycles. The lowest BCUT2D eigenvalue weighted by molar-refractivity contribution is -0.899. The fourth-order valence-electron chi connectivity index (χ4n) is 3.64. The molecule has 1 N–H and O–H groups in total. The summed E-state index contributed by atoms with van der Waals surface area (Å²) in [6, 6.07) is 11.9. The largest absolute Gasteiger partial charge is 0.633 e. The maximum atomic E-state index is 12.4. The molecule has 3 fully saturated rings. The van der Waals surface area contributed by atoms with Gasteiger partial charge in [0.15, 0.2) is 0 Å². The zero-order valence-electron chi connectivity index (χ0n) is 13.4. The van der Waals surface area contributed by atoms with E-state index in [1.54, 1.807) is 11.3 Å². The van der Waals surface area contributed by atoms with E-state index in [0.29, 0.717) is 38.9 Å². The van der Waals surface area contributed by atoms with Gasteiger partial charge in [-0.1, -0.05) is 30.3 Å². The molecule has 5 nitrogen and oxygen atoms in total. The molecule has 2 bridgehead atoms. The van der Waals surface area contributed by atoms with Gasteiger partial charge in [0.05, 0.1) is 30.2 Å². The maximum absolute atomic E-state index is 12.4. The van der Waals surface area contributed by atoms with Crippen molar-refractivity contribution in [2.24, 2.45) is 0 Å². The van der Waals surface area contributed by atoms with Crippen LogP contribution < -0.4 is 5.32 Å². The van der Waals surface area contributed by atoms with E-state index in [1.165, 1.54) is 0 Å². The molecule has 24 heavy (non-hydrogen) atoms. The Labute approximate surface area is 145 Å². The predicted molar refractivity (Wildman–Crippen MR) is 94.7 cm³/mol. The Morgan fingerprint density at radius 2 is 1.79 bits per heavy atom. The Hall–Kier alpha value is -1.89. The Kier molecular flexibility index (Phi) is 3.83. The van der Waals surface area contributed by atoms with Gasteiger partial charge in [-0.25, -0.2) is 4.79 Å². The molecule has 2 aromatic rings. The molecule has 6 heteroatoms. The van der Waals surface area contributed by atoms with Gasteiger partial charge in [-0.3, -0.25) is 5.32 Å². The SMILES string of the molecule is O=C(Nc1ccsc1-c1ccccc1)OC12CC[N+]([O-])(CC1)CC2. The van der Waals surface area contributed by atoms with Gasteiger partial charge in [0.25, 0.3) is 0 Å². The van der Waals surface area contributed by atoms with Gasteiger partial charge in [0.1, 0.15) is 5.60 Å². The van der Waals surface area contributed by atoms with Crippen LogP contribution in [0.3, 0.4) is 0 Å². The van der Waals surface area contributed by atoms with Crippen LogP contribution in [-0.4, -0.2) is 36.0 Å². The normalized spacial score (nSPS) is 28.5. The van der Waals surface area contributed by atoms with Gasteiger partial charge < -0.3 is 14.6 Å². The van der Waals surface area contributed by atoms with Crippen molar-refractivity contribution in [1.29, 1.82) is 0 Å². The first-order chi connectivity index (χ1) is 11.6. The Balaban J connectivity index is 1.45. The zero-order chi connectivity index (χ0) is 16.6. The molecule has 3 aliphatic heterocycles. The average Bonchev–Trinajstić information content (AvgIpc) is 3.05. The van der Waals surface area contributed by atoms with E-state index in [4.69, 9.17) is 4.74 Å². The number of carbonyl (C=O) groups excluding carboxylic acids is 1. The predicted octanol–water partition coefficient (Wildman–Crippen LogP) is 4.21. The highest BCUT2D eigenvalue weighted by molar-refractivity contribution is 7.14. The van der Waals surface area contributed by atoms with E-state index < -0.39 is 11.7 Å². The van der Waals surface area contributed by atoms with Crippen LogP contribution in [0.4, 0.5) is 10.5 Å². The smallest absolute Gasteiger partial charge is 0.412 e. The fraction of sp³-hybridized carbons (Fsp3) is 0.389. The number of hydroxylamine groups is 3. The van der Waals surface area contributed by atoms with Crippen LogP contribution in [-0.2, 0) is 4.74 Å². The highest BCUT2D eigenvalue weighted by Crippen LogP contribution is 2.40. The number of rotatable bonds is 3. The van der Waals surface area contributed by atoms with Crippen molar-refractivity contribution in [2.75, 3.05) is 25.0 Å². The van der Waals surface area contributed by atoms with Crippen LogP contribution in [0.5, 0.6) is 0 Å². The van der Waals surface area contributed by atoms with Crippen molar-refractivity contribution in [2.45, 2.75) is 24.9 Å². The summed E-state index contributed by atoms with van der Waals surface area (Å²) in [4.78, 5) is 13.4. The Morgan fingerprint density at radius 1 is 1.12 bits per heavy atom. The minimum absolute atomic E-state index is 0.116. The molecule has 0 aliphatic carbocycles. The van der Waals surface area contributed by atoms with Gasteiger partial charge in [-0.05, 0) is 17.0 Å². The van der Waals surface area contributed by atoms with Crippen molar-refractivity contribution in [3.05, 3.63) is 47.0 Å². The highest BCUT2D eigenvalue weighted by atomic mass is 32.1. The number of benzene rings is 1. The summed E-state index contributed by atoms with van der Waals surface area (Å²) in [7, 11) is 0. The van der Waals surface area contributed by atoms with Crippen LogP contribution in [0.2, 0.25) is 0 Å². The quantitative estimate of drug-likeness (QED) is 0.670. The first kappa shape index (κ1) is 15.6. The highest BCUT2D eigenvalue weighted by Gasteiger charge is 2.48. The number of fused-ring (bicyclic) bond motifs is 3. The third-order valence-corrected chi connectivity index (χ3v) is 6.14. The molecule has 126 valence electrons. The summed E-state index contributed by atoms with van der Waals surface area (Å²) in [6.07, 6.45) is 1.58. The topological polar surface area (TPSA) is 61.4 Å². The minimum atomic E-state index is -0.447. The average molecular weight is 344 g/mol. The lowest BCUT2D eigenvalue weighted by atomic mass is 9.83. The van der Waals surface area contributed by atoms with Crippen molar-refractivity contribution in [1.82, 2.24) is 0 Å². The lowest BCUT2D eigenvalue weighted by Gasteiger charge is -2.56. The summed E-state index contributed by atoms with van der Waals surface area (Å²) < 4.78 is 5.67. The molecule has 3 saturated heterocycles. The third kappa shape index (κ3) is 2.92. The molecule has 0 unspecified atom stereocenters. The lowest BCUT2D eigenvalue weighted by Crippen LogP contribution is -2.62. The number of anilines is 1. The third-order valence-electron chi connectivity index (χ3n) is 5.17. The monoisotopic (exact) mass is 344 g/mol. The summed E-state index contributed by atoms with van der Waals surface area (Å²) in [5.41, 5.74) is 1.40. The number of hydrogen-bond acceptors (Lipinski definition) is 4. The molecule has 1 amide bonds. The van der Waals surface area contributed by atoms with Gasteiger partial charge >= 0.3 is 6.09 Å². The molecule has 0 spiro atoms. The molecule has 5 rings (SSSR count). The van der Waals surface area contributed by atoms with E-state index in [9.17, 15) is 10.0 Å². The summed E-state index contributed by atoms with van der Waals surface area (Å²) >= 11 is 1.59. The number of thiophene rings is 1.